The molecule has 0 bridgehead atoms. The molecule has 6 nitrogen and oxygen atoms in total. The number of nitrogens with one attached hydrogen (secondary N) is 1. The molecule has 0 spiro atoms. The first-order valence-electron chi connectivity index (χ1n) is 9.12. The van der Waals surface area contributed by atoms with Gasteiger partial charge in [-0.3, -0.25) is 9.78 Å². The molecule has 0 saturated carbocycles. The Kier molecular flexibility index (Phi) is 4.02. The zero-order chi connectivity index (χ0) is 19.8. The van der Waals surface area contributed by atoms with Crippen LogP contribution in [0.4, 0.5) is 0 Å². The summed E-state index contributed by atoms with van der Waals surface area (Å²) in [4.78, 5) is 28.8. The number of pyridine rings is 2. The molecular weight excluding hydrogens is 364 g/mol. The third-order valence-electron chi connectivity index (χ3n) is 4.78. The van der Waals surface area contributed by atoms with E-state index in [4.69, 9.17) is 14.7 Å². The maximum atomic E-state index is 12.0. The standard InChI is InChI=1S/C23H16N4O2/c1-29-18-13-19(28)25-23-22(18)26-21(20(27-23)14-6-3-2-4-7-14)16-9-10-17-15(12-16)8-5-11-24-17/h2-13H,1H3,(H,25,27,28). The van der Waals surface area contributed by atoms with E-state index in [1.807, 2.05) is 60.7 Å². The van der Waals surface area contributed by atoms with Gasteiger partial charge in [-0.1, -0.05) is 42.5 Å². The number of hydrogen-bond donors (Lipinski definition) is 1. The molecule has 5 rings (SSSR count). The molecule has 0 radical (unpaired) electrons. The number of nitrogens with zero attached hydrogens (tertiary/aromatic N) is 3. The second-order valence-corrected chi connectivity index (χ2v) is 6.60. The van der Waals surface area contributed by atoms with Gasteiger partial charge in [-0.05, 0) is 18.2 Å². The van der Waals surface area contributed by atoms with Crippen LogP contribution < -0.4 is 10.3 Å². The van der Waals surface area contributed by atoms with Crippen LogP contribution in [0.25, 0.3) is 44.6 Å². The zero-order valence-electron chi connectivity index (χ0n) is 15.6. The van der Waals surface area contributed by atoms with Crippen molar-refractivity contribution in [3.63, 3.8) is 0 Å². The summed E-state index contributed by atoms with van der Waals surface area (Å²) in [6.45, 7) is 0. The fourth-order valence-corrected chi connectivity index (χ4v) is 3.41. The number of methoxy groups -OCH3 is 1. The Morgan fingerprint density at radius 3 is 2.52 bits per heavy atom. The summed E-state index contributed by atoms with van der Waals surface area (Å²) in [5.41, 5.74) is 4.73. The van der Waals surface area contributed by atoms with Crippen LogP contribution in [-0.2, 0) is 0 Å². The van der Waals surface area contributed by atoms with Gasteiger partial charge in [-0.15, -0.1) is 0 Å². The maximum Gasteiger partial charge on any atom is 0.253 e. The average Bonchev–Trinajstić information content (AvgIpc) is 2.78. The Balaban J connectivity index is 1.86. The number of fused-ring (bicyclic) bond motifs is 2. The van der Waals surface area contributed by atoms with E-state index in [-0.39, 0.29) is 5.56 Å². The average molecular weight is 380 g/mol. The Bertz CT molecular complexity index is 1410. The maximum absolute atomic E-state index is 12.0. The summed E-state index contributed by atoms with van der Waals surface area (Å²) < 4.78 is 5.38. The lowest BCUT2D eigenvalue weighted by molar-refractivity contribution is 0.418. The Morgan fingerprint density at radius 2 is 1.69 bits per heavy atom. The molecule has 29 heavy (non-hydrogen) atoms. The van der Waals surface area contributed by atoms with E-state index in [0.29, 0.717) is 28.3 Å². The van der Waals surface area contributed by atoms with Gasteiger partial charge in [0, 0.05) is 28.8 Å². The molecule has 0 aliphatic rings. The van der Waals surface area contributed by atoms with Crippen molar-refractivity contribution >= 4 is 22.1 Å². The second kappa shape index (κ2) is 6.83. The molecule has 0 saturated heterocycles. The van der Waals surface area contributed by atoms with E-state index >= 15 is 0 Å². The Labute approximate surface area is 165 Å². The van der Waals surface area contributed by atoms with Gasteiger partial charge in [0.05, 0.1) is 24.0 Å². The normalized spacial score (nSPS) is 11.1. The highest BCUT2D eigenvalue weighted by Crippen LogP contribution is 2.33. The summed E-state index contributed by atoms with van der Waals surface area (Å²) in [6.07, 6.45) is 1.77. The molecule has 140 valence electrons. The van der Waals surface area contributed by atoms with E-state index in [1.54, 1.807) is 6.20 Å². The van der Waals surface area contributed by atoms with Crippen molar-refractivity contribution in [3.8, 4) is 28.3 Å². The molecule has 2 aromatic carbocycles. The van der Waals surface area contributed by atoms with Crippen LogP contribution in [0.1, 0.15) is 0 Å². The minimum atomic E-state index is -0.285. The number of hydrogen-bond acceptors (Lipinski definition) is 5. The topological polar surface area (TPSA) is 80.8 Å². The van der Waals surface area contributed by atoms with E-state index < -0.39 is 0 Å². The molecule has 3 heterocycles. The van der Waals surface area contributed by atoms with Gasteiger partial charge in [0.1, 0.15) is 5.52 Å². The molecule has 1 N–H and O–H groups in total. The monoisotopic (exact) mass is 380 g/mol. The molecule has 0 fully saturated rings. The van der Waals surface area contributed by atoms with E-state index in [0.717, 1.165) is 22.0 Å². The fraction of sp³-hybridized carbons (Fsp3) is 0.0435. The van der Waals surface area contributed by atoms with Crippen LogP contribution in [0.3, 0.4) is 0 Å². The number of aromatic amines is 1. The van der Waals surface area contributed by atoms with Crippen molar-refractivity contribution in [3.05, 3.63) is 83.3 Å². The van der Waals surface area contributed by atoms with Crippen LogP contribution in [-0.4, -0.2) is 27.0 Å². The highest BCUT2D eigenvalue weighted by molar-refractivity contribution is 5.90. The molecular formula is C23H16N4O2. The third kappa shape index (κ3) is 3.00. The van der Waals surface area contributed by atoms with E-state index in [2.05, 4.69) is 9.97 Å². The smallest absolute Gasteiger partial charge is 0.253 e. The van der Waals surface area contributed by atoms with Crippen molar-refractivity contribution in [1.29, 1.82) is 0 Å². The largest absolute Gasteiger partial charge is 0.494 e. The van der Waals surface area contributed by atoms with Gasteiger partial charge in [-0.2, -0.15) is 0 Å². The lowest BCUT2D eigenvalue weighted by atomic mass is 10.0. The number of benzene rings is 2. The predicted octanol–water partition coefficient (Wildman–Crippen LogP) is 4.21. The summed E-state index contributed by atoms with van der Waals surface area (Å²) in [7, 11) is 1.52. The number of H-pyrrole nitrogens is 1. The highest BCUT2D eigenvalue weighted by atomic mass is 16.5. The van der Waals surface area contributed by atoms with E-state index in [9.17, 15) is 4.79 Å². The lowest BCUT2D eigenvalue weighted by Gasteiger charge is -2.12. The number of rotatable bonds is 3. The first-order valence-corrected chi connectivity index (χ1v) is 9.12. The molecule has 0 amide bonds. The Hall–Kier alpha value is -4.06. The molecule has 0 aliphatic carbocycles. The van der Waals surface area contributed by atoms with Crippen molar-refractivity contribution in [1.82, 2.24) is 19.9 Å². The van der Waals surface area contributed by atoms with Crippen molar-refractivity contribution in [2.24, 2.45) is 0 Å². The molecule has 5 aromatic rings. The third-order valence-corrected chi connectivity index (χ3v) is 4.78. The van der Waals surface area contributed by atoms with Gasteiger partial charge in [0.15, 0.2) is 11.4 Å². The minimum Gasteiger partial charge on any atom is -0.494 e. The lowest BCUT2D eigenvalue weighted by Crippen LogP contribution is -2.08. The van der Waals surface area contributed by atoms with Crippen molar-refractivity contribution in [2.75, 3.05) is 7.11 Å². The van der Waals surface area contributed by atoms with Crippen molar-refractivity contribution < 1.29 is 4.74 Å². The molecule has 3 aromatic heterocycles. The van der Waals surface area contributed by atoms with Crippen LogP contribution >= 0.6 is 0 Å². The molecule has 0 atom stereocenters. The first kappa shape index (κ1) is 17.1. The van der Waals surface area contributed by atoms with Crippen LogP contribution in [0, 0.1) is 0 Å². The van der Waals surface area contributed by atoms with Crippen LogP contribution in [0.15, 0.2) is 77.7 Å². The van der Waals surface area contributed by atoms with Crippen molar-refractivity contribution in [2.45, 2.75) is 0 Å². The summed E-state index contributed by atoms with van der Waals surface area (Å²) in [6, 6.07) is 21.1. The van der Waals surface area contributed by atoms with Gasteiger partial charge in [0.25, 0.3) is 5.56 Å². The van der Waals surface area contributed by atoms with E-state index in [1.165, 1.54) is 13.2 Å². The fourth-order valence-electron chi connectivity index (χ4n) is 3.41. The van der Waals surface area contributed by atoms with Gasteiger partial charge < -0.3 is 9.72 Å². The quantitative estimate of drug-likeness (QED) is 0.507. The van der Waals surface area contributed by atoms with Crippen LogP contribution in [0.5, 0.6) is 5.75 Å². The molecule has 6 heteroatoms. The minimum absolute atomic E-state index is 0.285. The summed E-state index contributed by atoms with van der Waals surface area (Å²) >= 11 is 0. The van der Waals surface area contributed by atoms with Gasteiger partial charge in [0.2, 0.25) is 0 Å². The first-order chi connectivity index (χ1) is 14.2. The SMILES string of the molecule is COc1cc(=O)[nH]c2nc(-c3ccccc3)c(-c3ccc4ncccc4c3)nc12. The number of aromatic nitrogens is 4. The molecule has 0 aliphatic heterocycles. The predicted molar refractivity (Wildman–Crippen MR) is 113 cm³/mol. The second-order valence-electron chi connectivity index (χ2n) is 6.60. The van der Waals surface area contributed by atoms with Gasteiger partial charge in [-0.25, -0.2) is 9.97 Å². The van der Waals surface area contributed by atoms with Gasteiger partial charge >= 0.3 is 0 Å². The summed E-state index contributed by atoms with van der Waals surface area (Å²) in [5.74, 6) is 0.388. The van der Waals surface area contributed by atoms with Crippen LogP contribution in [0.2, 0.25) is 0 Å². The molecule has 0 unspecified atom stereocenters. The summed E-state index contributed by atoms with van der Waals surface area (Å²) in [5, 5.41) is 1.01. The highest BCUT2D eigenvalue weighted by Gasteiger charge is 2.16. The zero-order valence-corrected chi connectivity index (χ0v) is 15.6. The number of ether oxygens (including phenoxy) is 1. The Morgan fingerprint density at radius 1 is 0.862 bits per heavy atom.